The highest BCUT2D eigenvalue weighted by Crippen LogP contribution is 2.18. The normalized spacial score (nSPS) is 10.3. The second-order valence-electron chi connectivity index (χ2n) is 4.22. The largest absolute Gasteiger partial charge is 0.477 e. The van der Waals surface area contributed by atoms with E-state index < -0.39 is 11.4 Å². The van der Waals surface area contributed by atoms with Crippen LogP contribution < -0.4 is 5.43 Å². The summed E-state index contributed by atoms with van der Waals surface area (Å²) in [5, 5.41) is 8.92. The molecule has 2 N–H and O–H groups in total. The van der Waals surface area contributed by atoms with Gasteiger partial charge in [0.2, 0.25) is 5.43 Å². The van der Waals surface area contributed by atoms with Crippen LogP contribution in [-0.2, 0) is 0 Å². The highest BCUT2D eigenvalue weighted by Gasteiger charge is 2.13. The number of hydrogen-bond acceptors (Lipinski definition) is 2. The van der Waals surface area contributed by atoms with Gasteiger partial charge in [0, 0.05) is 18.0 Å². The zero-order valence-electron chi connectivity index (χ0n) is 10.2. The lowest BCUT2D eigenvalue weighted by molar-refractivity contribution is 0.0695. The molecule has 0 saturated carbocycles. The van der Waals surface area contributed by atoms with E-state index in [9.17, 15) is 9.59 Å². The van der Waals surface area contributed by atoms with Crippen molar-refractivity contribution in [1.82, 2.24) is 4.98 Å². The van der Waals surface area contributed by atoms with Crippen molar-refractivity contribution in [1.29, 1.82) is 0 Å². The predicted molar refractivity (Wildman–Crippen MR) is 68.9 cm³/mol. The van der Waals surface area contributed by atoms with Crippen molar-refractivity contribution >= 4 is 5.97 Å². The molecule has 0 amide bonds. The molecule has 4 nitrogen and oxygen atoms in total. The maximum atomic E-state index is 12.0. The van der Waals surface area contributed by atoms with Gasteiger partial charge in [-0.15, -0.1) is 0 Å². The third kappa shape index (κ3) is 2.05. The molecule has 2 rings (SSSR count). The number of nitrogens with one attached hydrogen (secondary N) is 1. The van der Waals surface area contributed by atoms with Gasteiger partial charge in [-0.1, -0.05) is 18.2 Å². The average molecular weight is 243 g/mol. The summed E-state index contributed by atoms with van der Waals surface area (Å²) in [4.78, 5) is 25.6. The topological polar surface area (TPSA) is 70.2 Å². The number of rotatable bonds is 2. The fraction of sp³-hybridized carbons (Fsp3) is 0.143. The Labute approximate surface area is 104 Å². The molecule has 1 heterocycles. The molecule has 0 radical (unpaired) electrons. The number of aromatic amines is 1. The van der Waals surface area contributed by atoms with Crippen LogP contribution in [0.1, 0.15) is 21.5 Å². The summed E-state index contributed by atoms with van der Waals surface area (Å²) >= 11 is 0. The number of benzene rings is 1. The summed E-state index contributed by atoms with van der Waals surface area (Å²) in [5.41, 5.74) is 2.58. The van der Waals surface area contributed by atoms with Crippen LogP contribution in [0.4, 0.5) is 0 Å². The fourth-order valence-electron chi connectivity index (χ4n) is 1.77. The summed E-state index contributed by atoms with van der Waals surface area (Å²) < 4.78 is 0. The van der Waals surface area contributed by atoms with E-state index in [1.54, 1.807) is 0 Å². The Kier molecular flexibility index (Phi) is 3.02. The van der Waals surface area contributed by atoms with Crippen molar-refractivity contribution in [2.75, 3.05) is 0 Å². The van der Waals surface area contributed by atoms with Crippen LogP contribution in [0, 0.1) is 13.8 Å². The van der Waals surface area contributed by atoms with E-state index in [-0.39, 0.29) is 5.56 Å². The number of pyridine rings is 1. The minimum Gasteiger partial charge on any atom is -0.477 e. The predicted octanol–water partition coefficient (Wildman–Crippen LogP) is 2.36. The zero-order chi connectivity index (χ0) is 13.3. The molecule has 0 unspecified atom stereocenters. The first kappa shape index (κ1) is 12.1. The van der Waals surface area contributed by atoms with E-state index in [2.05, 4.69) is 4.98 Å². The fourth-order valence-corrected chi connectivity index (χ4v) is 1.77. The van der Waals surface area contributed by atoms with E-state index in [0.29, 0.717) is 5.56 Å². The lowest BCUT2D eigenvalue weighted by atomic mass is 10.0. The minimum atomic E-state index is -1.22. The van der Waals surface area contributed by atoms with E-state index in [1.807, 2.05) is 32.0 Å². The molecule has 92 valence electrons. The third-order valence-corrected chi connectivity index (χ3v) is 2.99. The number of H-pyrrole nitrogens is 1. The van der Waals surface area contributed by atoms with E-state index in [1.165, 1.54) is 12.4 Å². The van der Waals surface area contributed by atoms with Crippen LogP contribution in [0.5, 0.6) is 0 Å². The van der Waals surface area contributed by atoms with Crippen LogP contribution in [0.15, 0.2) is 35.4 Å². The van der Waals surface area contributed by atoms with Gasteiger partial charge in [0.25, 0.3) is 0 Å². The van der Waals surface area contributed by atoms with Gasteiger partial charge in [0.05, 0.1) is 0 Å². The lowest BCUT2D eigenvalue weighted by Crippen LogP contribution is -2.16. The van der Waals surface area contributed by atoms with Gasteiger partial charge in [-0.05, 0) is 30.5 Å². The van der Waals surface area contributed by atoms with Crippen molar-refractivity contribution < 1.29 is 9.90 Å². The Morgan fingerprint density at radius 3 is 2.50 bits per heavy atom. The van der Waals surface area contributed by atoms with Crippen molar-refractivity contribution in [2.45, 2.75) is 13.8 Å². The summed E-state index contributed by atoms with van der Waals surface area (Å²) in [6.45, 7) is 3.94. The summed E-state index contributed by atoms with van der Waals surface area (Å²) in [7, 11) is 0. The molecule has 0 aliphatic heterocycles. The van der Waals surface area contributed by atoms with Crippen LogP contribution in [0.2, 0.25) is 0 Å². The summed E-state index contributed by atoms with van der Waals surface area (Å²) in [6.07, 6.45) is 2.73. The molecule has 0 aliphatic rings. The van der Waals surface area contributed by atoms with Crippen LogP contribution >= 0.6 is 0 Å². The lowest BCUT2D eigenvalue weighted by Gasteiger charge is -2.05. The zero-order valence-corrected chi connectivity index (χ0v) is 10.2. The number of hydrogen-bond donors (Lipinski definition) is 2. The number of aromatic carboxylic acids is 1. The number of carbonyl (C=O) groups is 1. The van der Waals surface area contributed by atoms with E-state index >= 15 is 0 Å². The molecule has 0 aliphatic carbocycles. The van der Waals surface area contributed by atoms with E-state index in [0.717, 1.165) is 16.7 Å². The quantitative estimate of drug-likeness (QED) is 0.850. The molecule has 0 spiro atoms. The Hall–Kier alpha value is -2.36. The molecule has 0 saturated heterocycles. The Bertz CT molecular complexity index is 671. The number of aromatic nitrogens is 1. The molecule has 4 heteroatoms. The number of carboxylic acid groups (broad SMARTS) is 1. The Morgan fingerprint density at radius 1 is 1.17 bits per heavy atom. The molecule has 0 bridgehead atoms. The highest BCUT2D eigenvalue weighted by atomic mass is 16.4. The summed E-state index contributed by atoms with van der Waals surface area (Å²) in [6, 6.07) is 5.61. The second kappa shape index (κ2) is 4.49. The van der Waals surface area contributed by atoms with Crippen LogP contribution in [0.3, 0.4) is 0 Å². The molecular formula is C14H13NO3. The standard InChI is InChI=1S/C14H13NO3/c1-8-3-4-10(5-9(8)2)11-6-15-7-12(13(11)16)14(17)18/h3-7H,1-2H3,(H,15,16)(H,17,18). The van der Waals surface area contributed by atoms with Gasteiger partial charge in [0.1, 0.15) is 5.56 Å². The molecular weight excluding hydrogens is 230 g/mol. The average Bonchev–Trinajstić information content (AvgIpc) is 2.33. The first-order valence-corrected chi connectivity index (χ1v) is 5.52. The van der Waals surface area contributed by atoms with Gasteiger partial charge >= 0.3 is 5.97 Å². The third-order valence-electron chi connectivity index (χ3n) is 2.99. The molecule has 18 heavy (non-hydrogen) atoms. The number of aryl methyl sites for hydroxylation is 2. The highest BCUT2D eigenvalue weighted by molar-refractivity contribution is 5.88. The van der Waals surface area contributed by atoms with Gasteiger partial charge in [0.15, 0.2) is 0 Å². The van der Waals surface area contributed by atoms with Crippen molar-refractivity contribution in [2.24, 2.45) is 0 Å². The maximum absolute atomic E-state index is 12.0. The van der Waals surface area contributed by atoms with Crippen molar-refractivity contribution in [3.8, 4) is 11.1 Å². The van der Waals surface area contributed by atoms with Crippen molar-refractivity contribution in [3.05, 3.63) is 57.5 Å². The van der Waals surface area contributed by atoms with Crippen LogP contribution in [0.25, 0.3) is 11.1 Å². The first-order chi connectivity index (χ1) is 8.50. The minimum absolute atomic E-state index is 0.245. The molecule has 1 aromatic carbocycles. The molecule has 0 atom stereocenters. The molecule has 1 aromatic heterocycles. The smallest absolute Gasteiger partial charge is 0.341 e. The Morgan fingerprint density at radius 2 is 1.89 bits per heavy atom. The molecule has 2 aromatic rings. The van der Waals surface area contributed by atoms with Gasteiger partial charge < -0.3 is 10.1 Å². The maximum Gasteiger partial charge on any atom is 0.341 e. The van der Waals surface area contributed by atoms with Gasteiger partial charge in [-0.25, -0.2) is 4.79 Å². The SMILES string of the molecule is Cc1ccc(-c2c[nH]cc(C(=O)O)c2=O)cc1C. The van der Waals surface area contributed by atoms with Gasteiger partial charge in [-0.2, -0.15) is 0 Å². The Balaban J connectivity index is 2.65. The second-order valence-corrected chi connectivity index (χ2v) is 4.22. The molecule has 0 fully saturated rings. The van der Waals surface area contributed by atoms with Crippen LogP contribution in [-0.4, -0.2) is 16.1 Å². The number of carboxylic acids is 1. The summed E-state index contributed by atoms with van der Waals surface area (Å²) in [5.74, 6) is -1.22. The van der Waals surface area contributed by atoms with Crippen molar-refractivity contribution in [3.63, 3.8) is 0 Å². The van der Waals surface area contributed by atoms with Gasteiger partial charge in [-0.3, -0.25) is 4.79 Å². The first-order valence-electron chi connectivity index (χ1n) is 5.52. The van der Waals surface area contributed by atoms with E-state index in [4.69, 9.17) is 5.11 Å². The monoisotopic (exact) mass is 243 g/mol.